The largest absolute Gasteiger partial charge is 0.390 e. The molecular formula is C22H30N4O4S2. The zero-order chi connectivity index (χ0) is 24.4. The molecule has 1 aromatic heterocycles. The van der Waals surface area contributed by atoms with Gasteiger partial charge in [-0.05, 0) is 54.5 Å². The zero-order valence-electron chi connectivity index (χ0n) is 19.2. The predicted molar refractivity (Wildman–Crippen MR) is 124 cm³/mol. The van der Waals surface area contributed by atoms with E-state index < -0.39 is 28.0 Å². The van der Waals surface area contributed by atoms with E-state index in [1.165, 1.54) is 13.8 Å². The van der Waals surface area contributed by atoms with Crippen molar-refractivity contribution < 1.29 is 19.2 Å². The molecule has 0 saturated carbocycles. The molecule has 0 aliphatic rings. The second kappa shape index (κ2) is 9.77. The van der Waals surface area contributed by atoms with Crippen molar-refractivity contribution in [1.29, 1.82) is 5.26 Å². The molecule has 2 aromatic rings. The summed E-state index contributed by atoms with van der Waals surface area (Å²) in [6.45, 7) is 10.3. The van der Waals surface area contributed by atoms with Gasteiger partial charge in [0.05, 0.1) is 30.4 Å². The Kier molecular flexibility index (Phi) is 7.96. The lowest BCUT2D eigenvalue weighted by atomic mass is 9.85. The number of aromatic nitrogens is 1. The summed E-state index contributed by atoms with van der Waals surface area (Å²) in [5.41, 5.74) is 1.69. The lowest BCUT2D eigenvalue weighted by Crippen LogP contribution is -2.17. The van der Waals surface area contributed by atoms with Crippen molar-refractivity contribution >= 4 is 27.2 Å². The number of amides is 1. The van der Waals surface area contributed by atoms with Crippen LogP contribution in [0.1, 0.15) is 86.3 Å². The number of nitrogens with two attached hydrogens (primary N) is 1. The molecule has 2 rings (SSSR count). The third-order valence-corrected chi connectivity index (χ3v) is 8.27. The molecule has 1 heterocycles. The molecule has 0 bridgehead atoms. The van der Waals surface area contributed by atoms with E-state index in [0.29, 0.717) is 5.56 Å². The SMILES string of the molecule is CC(C)c1cc(C#N)cc(C(C)C)c1CC(=O)N=[S@@](N)(=O)c1sc(C(C)(C)O)nc1CO. The lowest BCUT2D eigenvalue weighted by Gasteiger charge is -2.19. The molecule has 0 saturated heterocycles. The van der Waals surface area contributed by atoms with Gasteiger partial charge in [-0.15, -0.1) is 15.7 Å². The minimum absolute atomic E-state index is 0.0280. The van der Waals surface area contributed by atoms with E-state index in [1.54, 1.807) is 12.1 Å². The fourth-order valence-electron chi connectivity index (χ4n) is 3.32. The first-order valence-corrected chi connectivity index (χ1v) is 12.6. The normalized spacial score (nSPS) is 13.8. The number of carbonyl (C=O) groups excluding carboxylic acids is 1. The van der Waals surface area contributed by atoms with Gasteiger partial charge in [-0.1, -0.05) is 27.7 Å². The molecule has 1 aromatic carbocycles. The number of thiazole rings is 1. The van der Waals surface area contributed by atoms with Crippen molar-refractivity contribution in [2.75, 3.05) is 0 Å². The molecule has 1 amide bonds. The lowest BCUT2D eigenvalue weighted by molar-refractivity contribution is -0.117. The topological polar surface area (TPSA) is 150 Å². The van der Waals surface area contributed by atoms with Gasteiger partial charge in [0.1, 0.15) is 14.8 Å². The van der Waals surface area contributed by atoms with Crippen molar-refractivity contribution in [2.24, 2.45) is 9.50 Å². The molecule has 32 heavy (non-hydrogen) atoms. The highest BCUT2D eigenvalue weighted by Crippen LogP contribution is 2.32. The first kappa shape index (κ1) is 26.1. The van der Waals surface area contributed by atoms with Crippen LogP contribution >= 0.6 is 11.3 Å². The molecule has 4 N–H and O–H groups in total. The van der Waals surface area contributed by atoms with Crippen LogP contribution in [0.25, 0.3) is 0 Å². The van der Waals surface area contributed by atoms with Crippen LogP contribution in [0, 0.1) is 11.3 Å². The van der Waals surface area contributed by atoms with E-state index in [4.69, 9.17) is 5.14 Å². The summed E-state index contributed by atoms with van der Waals surface area (Å²) < 4.78 is 16.9. The van der Waals surface area contributed by atoms with Gasteiger partial charge < -0.3 is 10.2 Å². The minimum Gasteiger partial charge on any atom is -0.390 e. The number of carbonyl (C=O) groups is 1. The van der Waals surface area contributed by atoms with E-state index in [9.17, 15) is 24.5 Å². The first-order valence-electron chi connectivity index (χ1n) is 10.2. The summed E-state index contributed by atoms with van der Waals surface area (Å²) in [6, 6.07) is 5.69. The smallest absolute Gasteiger partial charge is 0.259 e. The fourth-order valence-corrected chi connectivity index (χ4v) is 5.85. The standard InChI is InChI=1S/C22H30N4O4S2/c1-12(2)15-7-14(10-23)8-16(13(3)4)17(15)9-19(28)26-32(24,30)20-18(11-27)25-21(31-20)22(5,6)29/h7-8,12-13,27,29H,9,11H2,1-6H3,(H2,24,26,28,30)/t32-/m1/s1. The Labute approximate surface area is 193 Å². The van der Waals surface area contributed by atoms with Gasteiger partial charge >= 0.3 is 0 Å². The van der Waals surface area contributed by atoms with Crippen molar-refractivity contribution in [3.63, 3.8) is 0 Å². The van der Waals surface area contributed by atoms with Gasteiger partial charge in [0, 0.05) is 0 Å². The van der Waals surface area contributed by atoms with Gasteiger partial charge in [0.15, 0.2) is 9.92 Å². The van der Waals surface area contributed by atoms with Gasteiger partial charge in [0.25, 0.3) is 5.91 Å². The number of hydrogen-bond donors (Lipinski definition) is 3. The van der Waals surface area contributed by atoms with E-state index in [1.807, 2.05) is 27.7 Å². The Hall–Kier alpha value is -2.16. The summed E-state index contributed by atoms with van der Waals surface area (Å²) in [5.74, 6) is -0.557. The Bertz CT molecular complexity index is 1150. The molecule has 0 spiro atoms. The van der Waals surface area contributed by atoms with E-state index >= 15 is 0 Å². The first-order chi connectivity index (χ1) is 14.7. The number of hydrogen-bond acceptors (Lipinski definition) is 7. The molecule has 174 valence electrons. The van der Waals surface area contributed by atoms with Crippen molar-refractivity contribution in [3.05, 3.63) is 45.1 Å². The Morgan fingerprint density at radius 3 is 2.22 bits per heavy atom. The number of nitriles is 1. The van der Waals surface area contributed by atoms with Crippen molar-refractivity contribution in [2.45, 2.75) is 76.2 Å². The maximum Gasteiger partial charge on any atom is 0.259 e. The summed E-state index contributed by atoms with van der Waals surface area (Å²) in [6.07, 6.45) is -0.119. The van der Waals surface area contributed by atoms with Gasteiger partial charge in [-0.2, -0.15) is 5.26 Å². The number of nitrogens with zero attached hydrogens (tertiary/aromatic N) is 3. The highest BCUT2D eigenvalue weighted by atomic mass is 32.2. The number of aliphatic hydroxyl groups excluding tert-OH is 1. The number of benzene rings is 1. The van der Waals surface area contributed by atoms with E-state index in [2.05, 4.69) is 15.4 Å². The second-order valence-electron chi connectivity index (χ2n) is 8.76. The van der Waals surface area contributed by atoms with Crippen LogP contribution in [-0.4, -0.2) is 25.3 Å². The van der Waals surface area contributed by atoms with Crippen LogP contribution in [-0.2, 0) is 33.3 Å². The van der Waals surface area contributed by atoms with Crippen LogP contribution in [0.4, 0.5) is 0 Å². The van der Waals surface area contributed by atoms with Gasteiger partial charge in [-0.3, -0.25) is 4.79 Å². The van der Waals surface area contributed by atoms with Crippen LogP contribution < -0.4 is 5.14 Å². The Morgan fingerprint density at radius 1 is 1.28 bits per heavy atom. The fraction of sp³-hybridized carbons (Fsp3) is 0.500. The minimum atomic E-state index is -3.68. The highest BCUT2D eigenvalue weighted by molar-refractivity contribution is 7.93. The summed E-state index contributed by atoms with van der Waals surface area (Å²) in [5, 5.41) is 35.3. The van der Waals surface area contributed by atoms with Gasteiger partial charge in [0.2, 0.25) is 0 Å². The van der Waals surface area contributed by atoms with Crippen LogP contribution in [0.5, 0.6) is 0 Å². The van der Waals surface area contributed by atoms with Crippen molar-refractivity contribution in [1.82, 2.24) is 4.98 Å². The molecule has 0 fully saturated rings. The molecule has 0 unspecified atom stereocenters. The average Bonchev–Trinajstić information content (AvgIpc) is 3.13. The number of rotatable bonds is 7. The molecule has 10 heteroatoms. The van der Waals surface area contributed by atoms with Crippen LogP contribution in [0.3, 0.4) is 0 Å². The third-order valence-electron chi connectivity index (χ3n) is 4.86. The van der Waals surface area contributed by atoms with E-state index in [0.717, 1.165) is 28.0 Å². The molecule has 0 aliphatic heterocycles. The molecule has 0 aliphatic carbocycles. The maximum absolute atomic E-state index is 13.2. The number of aliphatic hydroxyl groups is 2. The second-order valence-corrected chi connectivity index (χ2v) is 11.7. The van der Waals surface area contributed by atoms with Crippen LogP contribution in [0.15, 0.2) is 20.7 Å². The molecule has 1 atom stereocenters. The summed E-state index contributed by atoms with van der Waals surface area (Å²) >= 11 is 0.864. The average molecular weight is 479 g/mol. The van der Waals surface area contributed by atoms with Gasteiger partial charge in [-0.25, -0.2) is 14.3 Å². The predicted octanol–water partition coefficient (Wildman–Crippen LogP) is 3.45. The van der Waals surface area contributed by atoms with Crippen LogP contribution in [0.2, 0.25) is 0 Å². The summed E-state index contributed by atoms with van der Waals surface area (Å²) in [4.78, 5) is 17.0. The monoisotopic (exact) mass is 478 g/mol. The highest BCUT2D eigenvalue weighted by Gasteiger charge is 2.27. The van der Waals surface area contributed by atoms with Crippen molar-refractivity contribution in [3.8, 4) is 6.07 Å². The molecular weight excluding hydrogens is 448 g/mol. The Morgan fingerprint density at radius 2 is 1.81 bits per heavy atom. The summed E-state index contributed by atoms with van der Waals surface area (Å²) in [7, 11) is -3.68. The van der Waals surface area contributed by atoms with E-state index in [-0.39, 0.29) is 33.2 Å². The maximum atomic E-state index is 13.2. The molecule has 8 nitrogen and oxygen atoms in total. The zero-order valence-corrected chi connectivity index (χ0v) is 20.8. The quantitative estimate of drug-likeness (QED) is 0.555. The third kappa shape index (κ3) is 5.79. The Balaban J connectivity index is 2.56. The molecule has 0 radical (unpaired) electrons.